The van der Waals surface area contributed by atoms with Gasteiger partial charge in [-0.05, 0) is 31.5 Å². The van der Waals surface area contributed by atoms with Crippen molar-refractivity contribution in [1.29, 1.82) is 0 Å². The summed E-state index contributed by atoms with van der Waals surface area (Å²) in [6, 6.07) is 3.12. The summed E-state index contributed by atoms with van der Waals surface area (Å²) in [5.74, 6) is -2.57. The first-order valence-electron chi connectivity index (χ1n) is 10.0. The average molecular weight is 419 g/mol. The number of benzene rings is 1. The molecule has 8 nitrogen and oxygen atoms in total. The molecule has 162 valence electrons. The number of halogens is 1. The Morgan fingerprint density at radius 3 is 2.23 bits per heavy atom. The van der Waals surface area contributed by atoms with Gasteiger partial charge >= 0.3 is 5.97 Å². The number of pyridine rings is 1. The van der Waals surface area contributed by atoms with Crippen molar-refractivity contribution in [2.75, 3.05) is 37.6 Å². The van der Waals surface area contributed by atoms with E-state index in [-0.39, 0.29) is 17.0 Å². The summed E-state index contributed by atoms with van der Waals surface area (Å²) in [7, 11) is 0. The quantitative estimate of drug-likeness (QED) is 0.784. The van der Waals surface area contributed by atoms with Crippen molar-refractivity contribution in [3.8, 4) is 0 Å². The van der Waals surface area contributed by atoms with Gasteiger partial charge in [-0.3, -0.25) is 9.59 Å². The van der Waals surface area contributed by atoms with E-state index in [4.69, 9.17) is 9.90 Å². The van der Waals surface area contributed by atoms with E-state index in [0.29, 0.717) is 11.2 Å². The highest BCUT2D eigenvalue weighted by molar-refractivity contribution is 5.93. The van der Waals surface area contributed by atoms with Crippen LogP contribution in [0.25, 0.3) is 10.9 Å². The van der Waals surface area contributed by atoms with E-state index in [1.165, 1.54) is 12.3 Å². The van der Waals surface area contributed by atoms with Crippen molar-refractivity contribution in [3.05, 3.63) is 39.9 Å². The molecule has 0 spiro atoms. The number of piperazine rings is 1. The average Bonchev–Trinajstić information content (AvgIpc) is 3.53. The lowest BCUT2D eigenvalue weighted by Crippen LogP contribution is -2.46. The van der Waals surface area contributed by atoms with Crippen LogP contribution >= 0.6 is 0 Å². The second kappa shape index (κ2) is 8.83. The molecule has 1 aliphatic heterocycles. The molecular weight excluding hydrogens is 393 g/mol. The van der Waals surface area contributed by atoms with Gasteiger partial charge in [0.1, 0.15) is 11.4 Å². The fourth-order valence-corrected chi connectivity index (χ4v) is 3.71. The third-order valence-corrected chi connectivity index (χ3v) is 5.43. The third kappa shape index (κ3) is 4.62. The highest BCUT2D eigenvalue weighted by Gasteiger charge is 2.28. The molecule has 0 radical (unpaired) electrons. The summed E-state index contributed by atoms with van der Waals surface area (Å²) in [5.41, 5.74) is 0.195. The zero-order valence-corrected chi connectivity index (χ0v) is 17.1. The molecule has 30 heavy (non-hydrogen) atoms. The number of rotatable bonds is 4. The highest BCUT2D eigenvalue weighted by Crippen LogP contribution is 2.38. The number of fused-ring (bicyclic) bond motifs is 1. The van der Waals surface area contributed by atoms with Gasteiger partial charge in [-0.1, -0.05) is 6.92 Å². The zero-order valence-electron chi connectivity index (χ0n) is 17.1. The summed E-state index contributed by atoms with van der Waals surface area (Å²) in [6.45, 7) is 7.39. The van der Waals surface area contributed by atoms with Crippen LogP contribution in [0.4, 0.5) is 10.1 Å². The first kappa shape index (κ1) is 21.8. The number of nitrogens with zero attached hydrogens (tertiary/aromatic N) is 3. The first-order chi connectivity index (χ1) is 14.2. The molecule has 4 rings (SSSR count). The monoisotopic (exact) mass is 419 g/mol. The van der Waals surface area contributed by atoms with Gasteiger partial charge in [0.25, 0.3) is 5.97 Å². The molecule has 0 atom stereocenters. The molecule has 1 aliphatic carbocycles. The van der Waals surface area contributed by atoms with E-state index in [0.717, 1.165) is 52.5 Å². The Morgan fingerprint density at radius 2 is 1.73 bits per heavy atom. The standard InChI is InChI=1S/C19H22FN3O3.C2H4O2/c1-2-21-5-7-22(8-6-21)17-10-16-13(9-15(17)20)18(24)14(19(25)26)11-23(16)12-3-4-12;1-2(3)4/h9-12H,2-8H2,1H3,(H,25,26);1H3,(H,3,4). The number of anilines is 1. The molecule has 2 aliphatic rings. The summed E-state index contributed by atoms with van der Waals surface area (Å²) in [4.78, 5) is 37.2. The molecule has 2 fully saturated rings. The SMILES string of the molecule is CC(=O)O.CCN1CCN(c2cc3c(cc2F)c(=O)c(C(=O)O)cn3C2CC2)CC1. The van der Waals surface area contributed by atoms with Gasteiger partial charge in [0, 0.05) is 50.7 Å². The molecule has 0 bridgehead atoms. The Hall–Kier alpha value is -2.94. The Morgan fingerprint density at radius 1 is 1.13 bits per heavy atom. The van der Waals surface area contributed by atoms with Crippen LogP contribution in [0.3, 0.4) is 0 Å². The van der Waals surface area contributed by atoms with E-state index >= 15 is 0 Å². The number of hydrogen-bond acceptors (Lipinski definition) is 5. The van der Waals surface area contributed by atoms with Crippen LogP contribution < -0.4 is 10.3 Å². The van der Waals surface area contributed by atoms with Crippen LogP contribution in [0.15, 0.2) is 23.1 Å². The molecule has 2 aromatic rings. The molecule has 2 N–H and O–H groups in total. The minimum atomic E-state index is -1.27. The van der Waals surface area contributed by atoms with Crippen LogP contribution in [0.5, 0.6) is 0 Å². The fraction of sp³-hybridized carbons (Fsp3) is 0.476. The Kier molecular flexibility index (Phi) is 6.40. The lowest BCUT2D eigenvalue weighted by Gasteiger charge is -2.35. The number of aliphatic carboxylic acids is 1. The van der Waals surface area contributed by atoms with Gasteiger partial charge in [0.2, 0.25) is 5.43 Å². The third-order valence-electron chi connectivity index (χ3n) is 5.43. The summed E-state index contributed by atoms with van der Waals surface area (Å²) in [6.07, 6.45) is 3.30. The smallest absolute Gasteiger partial charge is 0.341 e. The number of carboxylic acid groups (broad SMARTS) is 2. The largest absolute Gasteiger partial charge is 0.481 e. The maximum atomic E-state index is 14.8. The van der Waals surface area contributed by atoms with E-state index in [9.17, 15) is 19.1 Å². The molecular formula is C21H26FN3O5. The lowest BCUT2D eigenvalue weighted by atomic mass is 10.1. The van der Waals surface area contributed by atoms with Gasteiger partial charge in [-0.2, -0.15) is 0 Å². The van der Waals surface area contributed by atoms with E-state index < -0.39 is 23.2 Å². The van der Waals surface area contributed by atoms with Crippen LogP contribution in [0.2, 0.25) is 0 Å². The van der Waals surface area contributed by atoms with Crippen LogP contribution in [-0.4, -0.2) is 64.3 Å². The van der Waals surface area contributed by atoms with Gasteiger partial charge in [-0.15, -0.1) is 0 Å². The maximum absolute atomic E-state index is 14.8. The van der Waals surface area contributed by atoms with E-state index in [1.54, 1.807) is 6.07 Å². The fourth-order valence-electron chi connectivity index (χ4n) is 3.71. The minimum Gasteiger partial charge on any atom is -0.481 e. The number of aromatic nitrogens is 1. The van der Waals surface area contributed by atoms with Crippen molar-refractivity contribution in [3.63, 3.8) is 0 Å². The van der Waals surface area contributed by atoms with Crippen LogP contribution in [-0.2, 0) is 4.79 Å². The van der Waals surface area contributed by atoms with Crippen molar-refractivity contribution >= 4 is 28.5 Å². The van der Waals surface area contributed by atoms with Crippen LogP contribution in [0, 0.1) is 5.82 Å². The topological polar surface area (TPSA) is 103 Å². The van der Waals surface area contributed by atoms with E-state index in [2.05, 4.69) is 11.8 Å². The Bertz CT molecular complexity index is 1020. The predicted molar refractivity (Wildman–Crippen MR) is 111 cm³/mol. The van der Waals surface area contributed by atoms with Crippen LogP contribution in [0.1, 0.15) is 43.1 Å². The Balaban J connectivity index is 0.000000589. The second-order valence-corrected chi connectivity index (χ2v) is 7.58. The van der Waals surface area contributed by atoms with Crippen molar-refractivity contribution in [1.82, 2.24) is 9.47 Å². The molecule has 2 heterocycles. The zero-order chi connectivity index (χ0) is 22.0. The highest BCUT2D eigenvalue weighted by atomic mass is 19.1. The number of hydrogen-bond donors (Lipinski definition) is 2. The number of likely N-dealkylation sites (N-methyl/N-ethyl adjacent to an activating group) is 1. The summed E-state index contributed by atoms with van der Waals surface area (Å²) >= 11 is 0. The predicted octanol–water partition coefficient (Wildman–Crippen LogP) is 2.41. The van der Waals surface area contributed by atoms with Crippen molar-refractivity contribution in [2.24, 2.45) is 0 Å². The minimum absolute atomic E-state index is 0.144. The van der Waals surface area contributed by atoms with Crippen molar-refractivity contribution in [2.45, 2.75) is 32.7 Å². The number of carboxylic acids is 2. The molecule has 1 saturated heterocycles. The normalized spacial score (nSPS) is 16.8. The first-order valence-corrected chi connectivity index (χ1v) is 10.0. The summed E-state index contributed by atoms with van der Waals surface area (Å²) < 4.78 is 16.6. The Labute approximate surface area is 173 Å². The number of carbonyl (C=O) groups is 2. The maximum Gasteiger partial charge on any atom is 0.341 e. The molecule has 1 aromatic carbocycles. The lowest BCUT2D eigenvalue weighted by molar-refractivity contribution is -0.134. The summed E-state index contributed by atoms with van der Waals surface area (Å²) in [5, 5.41) is 16.9. The molecule has 1 saturated carbocycles. The number of aromatic carboxylic acids is 1. The van der Waals surface area contributed by atoms with Crippen molar-refractivity contribution < 1.29 is 24.2 Å². The second-order valence-electron chi connectivity index (χ2n) is 7.58. The van der Waals surface area contributed by atoms with E-state index in [1.807, 2.05) is 9.47 Å². The molecule has 0 unspecified atom stereocenters. The molecule has 0 amide bonds. The van der Waals surface area contributed by atoms with Gasteiger partial charge < -0.3 is 24.6 Å². The molecule has 9 heteroatoms. The van der Waals surface area contributed by atoms with Gasteiger partial charge in [0.15, 0.2) is 0 Å². The van der Waals surface area contributed by atoms with Gasteiger partial charge in [-0.25, -0.2) is 9.18 Å². The molecule has 1 aromatic heterocycles. The van der Waals surface area contributed by atoms with Gasteiger partial charge in [0.05, 0.1) is 11.2 Å².